The summed E-state index contributed by atoms with van der Waals surface area (Å²) in [7, 11) is 0. The zero-order valence-corrected chi connectivity index (χ0v) is 8.52. The molecule has 0 aromatic carbocycles. The van der Waals surface area contributed by atoms with Crippen molar-refractivity contribution in [2.45, 2.75) is 25.4 Å². The second-order valence-corrected chi connectivity index (χ2v) is 3.83. The van der Waals surface area contributed by atoms with Crippen LogP contribution in [0.1, 0.15) is 24.4 Å². The molecule has 0 unspecified atom stereocenters. The first-order valence-corrected chi connectivity index (χ1v) is 5.17. The highest BCUT2D eigenvalue weighted by atomic mass is 16.3. The zero-order valence-electron chi connectivity index (χ0n) is 8.52. The highest BCUT2D eigenvalue weighted by Gasteiger charge is 2.24. The molecule has 1 atom stereocenters. The lowest BCUT2D eigenvalue weighted by Crippen LogP contribution is -2.31. The molecule has 15 heavy (non-hydrogen) atoms. The first-order valence-electron chi connectivity index (χ1n) is 5.17. The second kappa shape index (κ2) is 4.47. The molecule has 4 nitrogen and oxygen atoms in total. The Bertz CT molecular complexity index is 367. The van der Waals surface area contributed by atoms with E-state index in [-0.39, 0.29) is 12.6 Å². The molecule has 0 aliphatic carbocycles. The fourth-order valence-corrected chi connectivity index (χ4v) is 2.03. The Morgan fingerprint density at radius 2 is 2.47 bits per heavy atom. The van der Waals surface area contributed by atoms with E-state index < -0.39 is 0 Å². The van der Waals surface area contributed by atoms with Crippen LogP contribution in [0.25, 0.3) is 0 Å². The lowest BCUT2D eigenvalue weighted by Gasteiger charge is -2.20. The standard InChI is InChI=1S/C11H14N2O2/c12-6-10-3-4-11(15-10)7-13-5-1-2-9(13)8-14/h3-4,9,14H,1-2,5,7-8H2/t9-/m1/s1. The lowest BCUT2D eigenvalue weighted by molar-refractivity contribution is 0.146. The summed E-state index contributed by atoms with van der Waals surface area (Å²) in [5, 5.41) is 17.8. The van der Waals surface area contributed by atoms with Crippen LogP contribution in [0.2, 0.25) is 0 Å². The number of nitrogens with zero attached hydrogens (tertiary/aromatic N) is 2. The number of aliphatic hydroxyl groups is 1. The summed E-state index contributed by atoms with van der Waals surface area (Å²) in [5.74, 6) is 1.15. The Hall–Kier alpha value is -1.31. The van der Waals surface area contributed by atoms with Crippen molar-refractivity contribution in [3.63, 3.8) is 0 Å². The van der Waals surface area contributed by atoms with Crippen LogP contribution < -0.4 is 0 Å². The number of likely N-dealkylation sites (tertiary alicyclic amines) is 1. The van der Waals surface area contributed by atoms with E-state index in [0.717, 1.165) is 25.1 Å². The third kappa shape index (κ3) is 2.20. The largest absolute Gasteiger partial charge is 0.449 e. The minimum Gasteiger partial charge on any atom is -0.449 e. The van der Waals surface area contributed by atoms with Gasteiger partial charge in [-0.15, -0.1) is 0 Å². The molecule has 2 heterocycles. The third-order valence-electron chi connectivity index (χ3n) is 2.84. The Balaban J connectivity index is 1.99. The van der Waals surface area contributed by atoms with Gasteiger partial charge in [0.25, 0.3) is 0 Å². The average molecular weight is 206 g/mol. The van der Waals surface area contributed by atoms with Crippen molar-refractivity contribution in [3.8, 4) is 6.07 Å². The number of hydrogen-bond donors (Lipinski definition) is 1. The fraction of sp³-hybridized carbons (Fsp3) is 0.545. The SMILES string of the molecule is N#Cc1ccc(CN2CCC[C@@H]2CO)o1. The smallest absolute Gasteiger partial charge is 0.203 e. The Morgan fingerprint density at radius 1 is 1.60 bits per heavy atom. The van der Waals surface area contributed by atoms with E-state index in [9.17, 15) is 0 Å². The van der Waals surface area contributed by atoms with Gasteiger partial charge in [-0.3, -0.25) is 4.90 Å². The maximum absolute atomic E-state index is 9.14. The predicted molar refractivity (Wildman–Crippen MR) is 53.9 cm³/mol. The summed E-state index contributed by atoms with van der Waals surface area (Å²) in [6, 6.07) is 5.72. The summed E-state index contributed by atoms with van der Waals surface area (Å²) in [6.45, 7) is 1.88. The van der Waals surface area contributed by atoms with Crippen molar-refractivity contribution in [3.05, 3.63) is 23.7 Å². The van der Waals surface area contributed by atoms with Crippen LogP contribution in [-0.2, 0) is 6.54 Å². The Kier molecular flexibility index (Phi) is 3.05. The first kappa shape index (κ1) is 10.2. The summed E-state index contributed by atoms with van der Waals surface area (Å²) in [4.78, 5) is 2.19. The molecule has 1 N–H and O–H groups in total. The highest BCUT2D eigenvalue weighted by molar-refractivity contribution is 5.19. The number of aliphatic hydroxyl groups excluding tert-OH is 1. The highest BCUT2D eigenvalue weighted by Crippen LogP contribution is 2.20. The van der Waals surface area contributed by atoms with Gasteiger partial charge < -0.3 is 9.52 Å². The molecule has 80 valence electrons. The molecular formula is C11H14N2O2. The van der Waals surface area contributed by atoms with E-state index in [1.54, 1.807) is 6.07 Å². The number of nitriles is 1. The summed E-state index contributed by atoms with van der Waals surface area (Å²) in [6.07, 6.45) is 2.17. The molecule has 1 aliphatic rings. The van der Waals surface area contributed by atoms with Crippen LogP contribution in [0.15, 0.2) is 16.5 Å². The predicted octanol–water partition coefficient (Wildman–Crippen LogP) is 1.11. The molecule has 1 fully saturated rings. The lowest BCUT2D eigenvalue weighted by atomic mass is 10.2. The first-order chi connectivity index (χ1) is 7.33. The van der Waals surface area contributed by atoms with Gasteiger partial charge in [0.05, 0.1) is 13.2 Å². The van der Waals surface area contributed by atoms with Crippen LogP contribution in [-0.4, -0.2) is 29.2 Å². The van der Waals surface area contributed by atoms with E-state index in [0.29, 0.717) is 12.3 Å². The molecule has 0 bridgehead atoms. The monoisotopic (exact) mass is 206 g/mol. The van der Waals surface area contributed by atoms with Crippen LogP contribution in [0.5, 0.6) is 0 Å². The van der Waals surface area contributed by atoms with Gasteiger partial charge >= 0.3 is 0 Å². The van der Waals surface area contributed by atoms with Gasteiger partial charge in [-0.2, -0.15) is 5.26 Å². The molecule has 2 rings (SSSR count). The Morgan fingerprint density at radius 3 is 3.13 bits per heavy atom. The fourth-order valence-electron chi connectivity index (χ4n) is 2.03. The second-order valence-electron chi connectivity index (χ2n) is 3.83. The maximum atomic E-state index is 9.14. The quantitative estimate of drug-likeness (QED) is 0.804. The van der Waals surface area contributed by atoms with Crippen molar-refractivity contribution < 1.29 is 9.52 Å². The van der Waals surface area contributed by atoms with Gasteiger partial charge in [-0.25, -0.2) is 0 Å². The van der Waals surface area contributed by atoms with Gasteiger partial charge in [0.15, 0.2) is 0 Å². The summed E-state index contributed by atoms with van der Waals surface area (Å²) in [5.41, 5.74) is 0. The van der Waals surface area contributed by atoms with Crippen LogP contribution in [0.4, 0.5) is 0 Å². The van der Waals surface area contributed by atoms with Crippen molar-refractivity contribution >= 4 is 0 Å². The molecule has 1 aromatic rings. The van der Waals surface area contributed by atoms with Gasteiger partial charge in [0, 0.05) is 6.04 Å². The number of hydrogen-bond acceptors (Lipinski definition) is 4. The topological polar surface area (TPSA) is 60.4 Å². The van der Waals surface area contributed by atoms with E-state index in [1.165, 1.54) is 0 Å². The van der Waals surface area contributed by atoms with E-state index in [4.69, 9.17) is 14.8 Å². The van der Waals surface area contributed by atoms with Crippen molar-refractivity contribution in [2.75, 3.05) is 13.2 Å². The average Bonchev–Trinajstić information content (AvgIpc) is 2.87. The summed E-state index contributed by atoms with van der Waals surface area (Å²) < 4.78 is 5.30. The van der Waals surface area contributed by atoms with E-state index in [1.807, 2.05) is 12.1 Å². The van der Waals surface area contributed by atoms with Crippen molar-refractivity contribution in [1.82, 2.24) is 4.90 Å². The van der Waals surface area contributed by atoms with Crippen molar-refractivity contribution in [2.24, 2.45) is 0 Å². The van der Waals surface area contributed by atoms with Crippen molar-refractivity contribution in [1.29, 1.82) is 5.26 Å². The minimum absolute atomic E-state index is 0.200. The molecule has 1 aromatic heterocycles. The van der Waals surface area contributed by atoms with Gasteiger partial charge in [0.2, 0.25) is 5.76 Å². The van der Waals surface area contributed by atoms with Gasteiger partial charge in [-0.05, 0) is 31.5 Å². The molecular weight excluding hydrogens is 192 g/mol. The van der Waals surface area contributed by atoms with Crippen LogP contribution >= 0.6 is 0 Å². The molecule has 0 amide bonds. The molecule has 1 aliphatic heterocycles. The molecule has 0 radical (unpaired) electrons. The molecule has 0 saturated carbocycles. The number of rotatable bonds is 3. The van der Waals surface area contributed by atoms with E-state index >= 15 is 0 Å². The normalized spacial score (nSPS) is 21.7. The van der Waals surface area contributed by atoms with E-state index in [2.05, 4.69) is 4.90 Å². The Labute approximate surface area is 88.7 Å². The number of furan rings is 1. The molecule has 4 heteroatoms. The minimum atomic E-state index is 0.200. The molecule has 1 saturated heterocycles. The zero-order chi connectivity index (χ0) is 10.7. The maximum Gasteiger partial charge on any atom is 0.203 e. The van der Waals surface area contributed by atoms with Gasteiger partial charge in [0.1, 0.15) is 11.8 Å². The van der Waals surface area contributed by atoms with Crippen LogP contribution in [0, 0.1) is 11.3 Å². The van der Waals surface area contributed by atoms with Crippen LogP contribution in [0.3, 0.4) is 0 Å². The third-order valence-corrected chi connectivity index (χ3v) is 2.84. The van der Waals surface area contributed by atoms with Gasteiger partial charge in [-0.1, -0.05) is 0 Å². The summed E-state index contributed by atoms with van der Waals surface area (Å²) >= 11 is 0. The molecule has 0 spiro atoms.